The van der Waals surface area contributed by atoms with Gasteiger partial charge in [-0.2, -0.15) is 0 Å². The minimum Gasteiger partial charge on any atom is -0.355 e. The third kappa shape index (κ3) is 8.83. The summed E-state index contributed by atoms with van der Waals surface area (Å²) in [5, 5.41) is 6.05. The van der Waals surface area contributed by atoms with Gasteiger partial charge in [0.2, 0.25) is 5.91 Å². The van der Waals surface area contributed by atoms with Gasteiger partial charge in [0.15, 0.2) is 0 Å². The number of halogens is 2. The van der Waals surface area contributed by atoms with Crippen LogP contribution in [0.4, 0.5) is 0 Å². The van der Waals surface area contributed by atoms with E-state index in [2.05, 4.69) is 34.5 Å². The van der Waals surface area contributed by atoms with Crippen molar-refractivity contribution in [2.45, 2.75) is 25.8 Å². The maximum Gasteiger partial charge on any atom is 0.224 e. The lowest BCUT2D eigenvalue weighted by Gasteiger charge is -2.35. The number of rotatable bonds is 7. The van der Waals surface area contributed by atoms with Crippen LogP contribution in [0.5, 0.6) is 0 Å². The van der Waals surface area contributed by atoms with Gasteiger partial charge in [0.1, 0.15) is 0 Å². The van der Waals surface area contributed by atoms with Gasteiger partial charge >= 0.3 is 0 Å². The number of carbonyl (C=O) groups is 1. The van der Waals surface area contributed by atoms with E-state index < -0.39 is 0 Å². The van der Waals surface area contributed by atoms with Gasteiger partial charge in [0, 0.05) is 31.6 Å². The number of piperidine rings is 1. The highest BCUT2D eigenvalue weighted by molar-refractivity contribution is 5.85. The van der Waals surface area contributed by atoms with Gasteiger partial charge < -0.3 is 20.4 Å². The molecule has 1 amide bonds. The van der Waals surface area contributed by atoms with Crippen LogP contribution in [0.15, 0.2) is 0 Å². The summed E-state index contributed by atoms with van der Waals surface area (Å²) in [5.74, 6) is 0.196. The highest BCUT2D eigenvalue weighted by Crippen LogP contribution is 2.13. The Hall–Kier alpha value is -0.0700. The lowest BCUT2D eigenvalue weighted by molar-refractivity contribution is -0.124. The Kier molecular flexibility index (Phi) is 13.8. The number of nitrogens with zero attached hydrogens (tertiary/aromatic N) is 2. The first-order valence-electron chi connectivity index (χ1n) is 7.35. The van der Waals surface area contributed by atoms with E-state index in [1.54, 1.807) is 0 Å². The average Bonchev–Trinajstić information content (AvgIpc) is 2.39. The topological polar surface area (TPSA) is 47.6 Å². The maximum absolute atomic E-state index is 11.7. The highest BCUT2D eigenvalue weighted by Gasteiger charge is 2.20. The molecule has 0 radical (unpaired) electrons. The van der Waals surface area contributed by atoms with Gasteiger partial charge in [0.05, 0.1) is 0 Å². The number of carbonyl (C=O) groups excluding carboxylic acids is 1. The fraction of sp³-hybridized carbons (Fsp3) is 0.929. The Morgan fingerprint density at radius 2 is 1.86 bits per heavy atom. The largest absolute Gasteiger partial charge is 0.355 e. The van der Waals surface area contributed by atoms with Crippen LogP contribution in [0, 0.1) is 5.92 Å². The van der Waals surface area contributed by atoms with Gasteiger partial charge in [-0.15, -0.1) is 24.8 Å². The molecule has 1 heterocycles. The molecule has 21 heavy (non-hydrogen) atoms. The summed E-state index contributed by atoms with van der Waals surface area (Å²) in [7, 11) is 6.19. The van der Waals surface area contributed by atoms with Crippen molar-refractivity contribution in [3.05, 3.63) is 0 Å². The molecule has 128 valence electrons. The lowest BCUT2D eigenvalue weighted by atomic mass is 10.0. The molecule has 0 bridgehead atoms. The molecule has 0 aromatic carbocycles. The fourth-order valence-corrected chi connectivity index (χ4v) is 2.57. The molecule has 1 aliphatic heterocycles. The first-order valence-corrected chi connectivity index (χ1v) is 7.35. The Morgan fingerprint density at radius 3 is 2.33 bits per heavy atom. The molecule has 1 atom stereocenters. The van der Waals surface area contributed by atoms with Crippen LogP contribution in [-0.4, -0.2) is 75.6 Å². The predicted molar refractivity (Wildman–Crippen MR) is 93.7 cm³/mol. The number of likely N-dealkylation sites (tertiary alicyclic amines) is 1. The van der Waals surface area contributed by atoms with Crippen LogP contribution in [0.2, 0.25) is 0 Å². The first kappa shape index (κ1) is 23.2. The summed E-state index contributed by atoms with van der Waals surface area (Å²) < 4.78 is 0. The van der Waals surface area contributed by atoms with Crippen LogP contribution in [0.3, 0.4) is 0 Å². The third-order valence-electron chi connectivity index (χ3n) is 3.97. The quantitative estimate of drug-likeness (QED) is 0.719. The van der Waals surface area contributed by atoms with Gasteiger partial charge in [0.25, 0.3) is 0 Å². The van der Waals surface area contributed by atoms with Crippen molar-refractivity contribution in [2.24, 2.45) is 5.92 Å². The molecule has 5 nitrogen and oxygen atoms in total. The number of nitrogens with one attached hydrogen (secondary N) is 2. The molecule has 2 N–H and O–H groups in total. The molecule has 1 unspecified atom stereocenters. The van der Waals surface area contributed by atoms with E-state index in [1.165, 1.54) is 12.8 Å². The molecular weight excluding hydrogens is 311 g/mol. The first-order chi connectivity index (χ1) is 9.04. The summed E-state index contributed by atoms with van der Waals surface area (Å²) >= 11 is 0. The molecule has 1 saturated heterocycles. The number of hydrogen-bond acceptors (Lipinski definition) is 4. The lowest BCUT2D eigenvalue weighted by Crippen LogP contribution is -2.45. The third-order valence-corrected chi connectivity index (χ3v) is 3.97. The summed E-state index contributed by atoms with van der Waals surface area (Å²) in [6, 6.07) is 0.724. The monoisotopic (exact) mass is 342 g/mol. The molecule has 0 aromatic heterocycles. The van der Waals surface area contributed by atoms with Crippen LogP contribution in [0.25, 0.3) is 0 Å². The molecular formula is C14H32Cl2N4O. The van der Waals surface area contributed by atoms with Crippen molar-refractivity contribution in [1.82, 2.24) is 20.4 Å². The maximum atomic E-state index is 11.7. The van der Waals surface area contributed by atoms with Crippen LogP contribution in [0.1, 0.15) is 19.8 Å². The van der Waals surface area contributed by atoms with E-state index in [9.17, 15) is 4.79 Å². The standard InChI is InChI=1S/C14H30N4O.2ClH/c1-12(11-15-2)14(19)16-7-10-18-8-5-13(6-9-18)17(3)4;;/h12-13,15H,5-11H2,1-4H3,(H,16,19);2*1H. The van der Waals surface area contributed by atoms with Gasteiger partial charge in [-0.25, -0.2) is 0 Å². The van der Waals surface area contributed by atoms with Crippen molar-refractivity contribution in [3.63, 3.8) is 0 Å². The van der Waals surface area contributed by atoms with E-state index >= 15 is 0 Å². The van der Waals surface area contributed by atoms with Crippen LogP contribution >= 0.6 is 24.8 Å². The summed E-state index contributed by atoms with van der Waals surface area (Å²) in [4.78, 5) is 16.5. The number of hydrogen-bond donors (Lipinski definition) is 2. The van der Waals surface area contributed by atoms with Gasteiger partial charge in [-0.1, -0.05) is 6.92 Å². The zero-order valence-corrected chi connectivity index (χ0v) is 15.4. The Bertz CT molecular complexity index is 272. The second-order valence-electron chi connectivity index (χ2n) is 5.79. The molecule has 1 rings (SSSR count). The van der Waals surface area contributed by atoms with Crippen LogP contribution in [-0.2, 0) is 4.79 Å². The van der Waals surface area contributed by atoms with E-state index in [0.29, 0.717) is 0 Å². The molecule has 0 spiro atoms. The van der Waals surface area contributed by atoms with E-state index in [-0.39, 0.29) is 36.6 Å². The second kappa shape index (κ2) is 12.5. The Morgan fingerprint density at radius 1 is 1.29 bits per heavy atom. The summed E-state index contributed by atoms with van der Waals surface area (Å²) in [5.41, 5.74) is 0. The fourth-order valence-electron chi connectivity index (χ4n) is 2.57. The molecule has 0 saturated carbocycles. The van der Waals surface area contributed by atoms with Crippen molar-refractivity contribution < 1.29 is 4.79 Å². The number of amides is 1. The van der Waals surface area contributed by atoms with Crippen molar-refractivity contribution in [2.75, 3.05) is 53.9 Å². The summed E-state index contributed by atoms with van der Waals surface area (Å²) in [6.07, 6.45) is 2.47. The minimum atomic E-state index is 0. The Balaban J connectivity index is 0. The second-order valence-corrected chi connectivity index (χ2v) is 5.79. The minimum absolute atomic E-state index is 0. The van der Waals surface area contributed by atoms with Gasteiger partial charge in [-0.3, -0.25) is 4.79 Å². The molecule has 1 fully saturated rings. The van der Waals surface area contributed by atoms with Gasteiger partial charge in [-0.05, 0) is 47.1 Å². The summed E-state index contributed by atoms with van der Waals surface area (Å²) in [6.45, 7) is 6.71. The zero-order valence-electron chi connectivity index (χ0n) is 13.7. The smallest absolute Gasteiger partial charge is 0.224 e. The van der Waals surface area contributed by atoms with Crippen molar-refractivity contribution in [3.8, 4) is 0 Å². The van der Waals surface area contributed by atoms with E-state index in [0.717, 1.165) is 38.8 Å². The highest BCUT2D eigenvalue weighted by atomic mass is 35.5. The molecule has 0 aromatic rings. The van der Waals surface area contributed by atoms with Crippen molar-refractivity contribution in [1.29, 1.82) is 0 Å². The van der Waals surface area contributed by atoms with E-state index in [4.69, 9.17) is 0 Å². The SMILES string of the molecule is CNCC(C)C(=O)NCCN1CCC(N(C)C)CC1.Cl.Cl. The normalized spacial score (nSPS) is 17.8. The van der Waals surface area contributed by atoms with Crippen LogP contribution < -0.4 is 10.6 Å². The Labute approximate surface area is 142 Å². The average molecular weight is 343 g/mol. The molecule has 0 aliphatic carbocycles. The van der Waals surface area contributed by atoms with Crippen molar-refractivity contribution >= 4 is 30.7 Å². The predicted octanol–water partition coefficient (Wildman–Crippen LogP) is 0.828. The zero-order chi connectivity index (χ0) is 14.3. The molecule has 7 heteroatoms. The molecule has 1 aliphatic rings. The van der Waals surface area contributed by atoms with E-state index in [1.807, 2.05) is 14.0 Å².